The predicted molar refractivity (Wildman–Crippen MR) is 113 cm³/mol. The fourth-order valence-corrected chi connectivity index (χ4v) is 4.28. The normalized spacial score (nSPS) is 13.5. The first-order valence-corrected chi connectivity index (χ1v) is 11.0. The Morgan fingerprint density at radius 3 is 2.34 bits per heavy atom. The van der Waals surface area contributed by atoms with Gasteiger partial charge in [-0.2, -0.15) is 0 Å². The molecule has 0 bridgehead atoms. The molecule has 0 fully saturated rings. The van der Waals surface area contributed by atoms with Crippen LogP contribution in [0.5, 0.6) is 0 Å². The van der Waals surface area contributed by atoms with Gasteiger partial charge in [-0.25, -0.2) is 22.1 Å². The number of fused-ring (bicyclic) bond motifs is 1. The molecule has 1 heterocycles. The molecule has 29 heavy (non-hydrogen) atoms. The number of rotatable bonds is 7. The smallest absolute Gasteiger partial charge is 0.242 e. The van der Waals surface area contributed by atoms with Gasteiger partial charge in [-0.3, -0.25) is 4.90 Å². The van der Waals surface area contributed by atoms with Crippen molar-refractivity contribution >= 4 is 21.1 Å². The molecule has 0 N–H and O–H groups in total. The van der Waals surface area contributed by atoms with Crippen LogP contribution in [0.25, 0.3) is 11.0 Å². The van der Waals surface area contributed by atoms with E-state index in [2.05, 4.69) is 16.4 Å². The standard InChI is InChI=1S/C21H27FN4O2S/c1-6-26-20-12-11-18(29(27,28)24(3)4)13-19(20)23-21(26)14-25(5)15(2)16-7-9-17(22)10-8-16/h7-13,15H,6,14H2,1-5H3. The summed E-state index contributed by atoms with van der Waals surface area (Å²) in [5, 5.41) is 0. The Hall–Kier alpha value is -2.29. The summed E-state index contributed by atoms with van der Waals surface area (Å²) in [5.74, 6) is 0.609. The van der Waals surface area contributed by atoms with E-state index in [0.29, 0.717) is 12.1 Å². The number of halogens is 1. The Bertz CT molecular complexity index is 1110. The summed E-state index contributed by atoms with van der Waals surface area (Å²) in [7, 11) is 1.51. The first-order chi connectivity index (χ1) is 13.6. The summed E-state index contributed by atoms with van der Waals surface area (Å²) in [6, 6.07) is 11.7. The molecule has 0 saturated carbocycles. The van der Waals surface area contributed by atoms with Gasteiger partial charge in [0.05, 0.1) is 22.5 Å². The molecule has 2 aromatic carbocycles. The fraction of sp³-hybridized carbons (Fsp3) is 0.381. The zero-order valence-electron chi connectivity index (χ0n) is 17.4. The van der Waals surface area contributed by atoms with Crippen LogP contribution >= 0.6 is 0 Å². The average Bonchev–Trinajstić information content (AvgIpc) is 3.03. The van der Waals surface area contributed by atoms with Crippen LogP contribution in [0, 0.1) is 5.82 Å². The molecular weight excluding hydrogens is 391 g/mol. The lowest BCUT2D eigenvalue weighted by Gasteiger charge is -2.25. The number of nitrogens with zero attached hydrogens (tertiary/aromatic N) is 4. The van der Waals surface area contributed by atoms with Crippen molar-refractivity contribution in [2.75, 3.05) is 21.1 Å². The Morgan fingerprint density at radius 1 is 1.10 bits per heavy atom. The van der Waals surface area contributed by atoms with Gasteiger partial charge in [0.15, 0.2) is 0 Å². The van der Waals surface area contributed by atoms with Gasteiger partial charge in [0.25, 0.3) is 0 Å². The van der Waals surface area contributed by atoms with Gasteiger partial charge in [-0.05, 0) is 56.8 Å². The van der Waals surface area contributed by atoms with Gasteiger partial charge >= 0.3 is 0 Å². The van der Waals surface area contributed by atoms with Crippen molar-refractivity contribution in [3.05, 3.63) is 59.7 Å². The fourth-order valence-electron chi connectivity index (χ4n) is 3.36. The number of imidazole rings is 1. The van der Waals surface area contributed by atoms with E-state index in [1.165, 1.54) is 30.5 Å². The van der Waals surface area contributed by atoms with Crippen molar-refractivity contribution < 1.29 is 12.8 Å². The number of aryl methyl sites for hydroxylation is 1. The Balaban J connectivity index is 1.93. The highest BCUT2D eigenvalue weighted by Crippen LogP contribution is 2.25. The lowest BCUT2D eigenvalue weighted by atomic mass is 10.1. The molecule has 8 heteroatoms. The molecule has 1 atom stereocenters. The van der Waals surface area contributed by atoms with Crippen molar-refractivity contribution in [3.8, 4) is 0 Å². The Kier molecular flexibility index (Phi) is 6.07. The third-order valence-electron chi connectivity index (χ3n) is 5.30. The van der Waals surface area contributed by atoms with Crippen molar-refractivity contribution in [1.29, 1.82) is 0 Å². The molecule has 3 aromatic rings. The van der Waals surface area contributed by atoms with Crippen LogP contribution in [0.2, 0.25) is 0 Å². The predicted octanol–water partition coefficient (Wildman–Crippen LogP) is 3.64. The molecule has 0 aliphatic rings. The van der Waals surface area contributed by atoms with E-state index < -0.39 is 10.0 Å². The minimum absolute atomic E-state index is 0.0744. The third kappa shape index (κ3) is 4.19. The van der Waals surface area contributed by atoms with Crippen molar-refractivity contribution in [1.82, 2.24) is 18.8 Å². The summed E-state index contributed by atoms with van der Waals surface area (Å²) in [5.41, 5.74) is 2.59. The first kappa shape index (κ1) is 21.4. The lowest BCUT2D eigenvalue weighted by Crippen LogP contribution is -2.24. The molecule has 0 saturated heterocycles. The molecule has 6 nitrogen and oxygen atoms in total. The summed E-state index contributed by atoms with van der Waals surface area (Å²) in [6.45, 7) is 5.41. The average molecular weight is 419 g/mol. The Labute approximate surface area is 171 Å². The van der Waals surface area contributed by atoms with Gasteiger partial charge < -0.3 is 4.57 Å². The van der Waals surface area contributed by atoms with E-state index >= 15 is 0 Å². The van der Waals surface area contributed by atoms with Crippen LogP contribution in [-0.2, 0) is 23.1 Å². The first-order valence-electron chi connectivity index (χ1n) is 9.52. The number of sulfonamides is 1. The lowest BCUT2D eigenvalue weighted by molar-refractivity contribution is 0.244. The molecule has 0 aliphatic carbocycles. The molecule has 0 spiro atoms. The second kappa shape index (κ2) is 8.22. The molecular formula is C21H27FN4O2S. The maximum Gasteiger partial charge on any atom is 0.242 e. The maximum absolute atomic E-state index is 13.2. The number of benzene rings is 2. The zero-order valence-corrected chi connectivity index (χ0v) is 18.2. The monoisotopic (exact) mass is 418 g/mol. The van der Waals surface area contributed by atoms with Crippen LogP contribution < -0.4 is 0 Å². The minimum atomic E-state index is -3.51. The van der Waals surface area contributed by atoms with Crippen LogP contribution in [0.15, 0.2) is 47.4 Å². The van der Waals surface area contributed by atoms with E-state index in [0.717, 1.165) is 23.4 Å². The van der Waals surface area contributed by atoms with E-state index in [1.807, 2.05) is 20.0 Å². The second-order valence-corrected chi connectivity index (χ2v) is 9.50. The summed E-state index contributed by atoms with van der Waals surface area (Å²) in [4.78, 5) is 7.09. The van der Waals surface area contributed by atoms with Gasteiger partial charge in [0.2, 0.25) is 10.0 Å². The van der Waals surface area contributed by atoms with E-state index in [9.17, 15) is 12.8 Å². The second-order valence-electron chi connectivity index (χ2n) is 7.35. The van der Waals surface area contributed by atoms with Crippen molar-refractivity contribution in [2.45, 2.75) is 37.9 Å². The molecule has 0 amide bonds. The number of hydrogen-bond acceptors (Lipinski definition) is 4. The third-order valence-corrected chi connectivity index (χ3v) is 7.11. The number of aromatic nitrogens is 2. The maximum atomic E-state index is 13.2. The van der Waals surface area contributed by atoms with E-state index in [-0.39, 0.29) is 16.8 Å². The van der Waals surface area contributed by atoms with Crippen LogP contribution in [0.1, 0.15) is 31.3 Å². The Morgan fingerprint density at radius 2 is 1.76 bits per heavy atom. The van der Waals surface area contributed by atoms with Gasteiger partial charge in [0.1, 0.15) is 11.6 Å². The van der Waals surface area contributed by atoms with Gasteiger partial charge in [-0.15, -0.1) is 0 Å². The van der Waals surface area contributed by atoms with Gasteiger partial charge in [0, 0.05) is 26.7 Å². The topological polar surface area (TPSA) is 58.4 Å². The summed E-state index contributed by atoms with van der Waals surface area (Å²) >= 11 is 0. The quantitative estimate of drug-likeness (QED) is 0.588. The summed E-state index contributed by atoms with van der Waals surface area (Å²) < 4.78 is 41.4. The molecule has 0 aliphatic heterocycles. The molecule has 0 radical (unpaired) electrons. The van der Waals surface area contributed by atoms with E-state index in [1.54, 1.807) is 24.3 Å². The highest BCUT2D eigenvalue weighted by Gasteiger charge is 2.21. The van der Waals surface area contributed by atoms with E-state index in [4.69, 9.17) is 4.98 Å². The largest absolute Gasteiger partial charge is 0.327 e. The highest BCUT2D eigenvalue weighted by atomic mass is 32.2. The van der Waals surface area contributed by atoms with Crippen LogP contribution in [0.3, 0.4) is 0 Å². The SMILES string of the molecule is CCn1c(CN(C)C(C)c2ccc(F)cc2)nc2cc(S(=O)(=O)N(C)C)ccc21. The summed E-state index contributed by atoms with van der Waals surface area (Å²) in [6.07, 6.45) is 0. The van der Waals surface area contributed by atoms with Crippen molar-refractivity contribution in [3.63, 3.8) is 0 Å². The molecule has 3 rings (SSSR count). The molecule has 1 unspecified atom stereocenters. The molecule has 1 aromatic heterocycles. The van der Waals surface area contributed by atoms with Crippen molar-refractivity contribution in [2.24, 2.45) is 0 Å². The minimum Gasteiger partial charge on any atom is -0.327 e. The highest BCUT2D eigenvalue weighted by molar-refractivity contribution is 7.89. The number of hydrogen-bond donors (Lipinski definition) is 0. The van der Waals surface area contributed by atoms with Crippen LogP contribution in [-0.4, -0.2) is 48.3 Å². The zero-order chi connectivity index (χ0) is 21.3. The van der Waals surface area contributed by atoms with Crippen LogP contribution in [0.4, 0.5) is 4.39 Å². The van der Waals surface area contributed by atoms with Gasteiger partial charge in [-0.1, -0.05) is 12.1 Å². The molecule has 156 valence electrons.